The van der Waals surface area contributed by atoms with Gasteiger partial charge in [-0.2, -0.15) is 0 Å². The summed E-state index contributed by atoms with van der Waals surface area (Å²) >= 11 is 0. The summed E-state index contributed by atoms with van der Waals surface area (Å²) in [6.07, 6.45) is 0. The van der Waals surface area contributed by atoms with E-state index in [1.807, 2.05) is 27.7 Å². The molecule has 0 fully saturated rings. The summed E-state index contributed by atoms with van der Waals surface area (Å²) in [5.74, 6) is 0. The highest BCUT2D eigenvalue weighted by Crippen LogP contribution is 2.27. The van der Waals surface area contributed by atoms with E-state index in [0.717, 1.165) is 0 Å². The SMILES string of the molecule is CC.CC.Cc1ccc(-c2ccc(C)cc2C)c(C)c1. The van der Waals surface area contributed by atoms with Gasteiger partial charge in [0, 0.05) is 0 Å². The fourth-order valence-corrected chi connectivity index (χ4v) is 2.23. The van der Waals surface area contributed by atoms with Gasteiger partial charge in [-0.25, -0.2) is 0 Å². The summed E-state index contributed by atoms with van der Waals surface area (Å²) in [5.41, 5.74) is 8.06. The molecule has 2 aromatic carbocycles. The minimum Gasteiger partial charge on any atom is -0.0683 e. The van der Waals surface area contributed by atoms with Gasteiger partial charge in [0.15, 0.2) is 0 Å². The monoisotopic (exact) mass is 270 g/mol. The molecule has 0 unspecified atom stereocenters. The Hall–Kier alpha value is -1.56. The summed E-state index contributed by atoms with van der Waals surface area (Å²) in [5, 5.41) is 0. The highest BCUT2D eigenvalue weighted by molar-refractivity contribution is 5.71. The average Bonchev–Trinajstić information content (AvgIpc) is 2.44. The lowest BCUT2D eigenvalue weighted by atomic mass is 9.94. The molecule has 0 bridgehead atoms. The van der Waals surface area contributed by atoms with E-state index in [1.54, 1.807) is 0 Å². The normalized spacial score (nSPS) is 9.00. The first-order valence-corrected chi connectivity index (χ1v) is 7.73. The third-order valence-corrected chi connectivity index (χ3v) is 3.05. The van der Waals surface area contributed by atoms with Crippen molar-refractivity contribution in [3.05, 3.63) is 58.7 Å². The molecule has 0 atom stereocenters. The largest absolute Gasteiger partial charge is 0.0683 e. The van der Waals surface area contributed by atoms with Crippen LogP contribution in [0, 0.1) is 27.7 Å². The van der Waals surface area contributed by atoms with E-state index < -0.39 is 0 Å². The van der Waals surface area contributed by atoms with Gasteiger partial charge in [0.25, 0.3) is 0 Å². The molecule has 2 aromatic rings. The van der Waals surface area contributed by atoms with E-state index in [1.165, 1.54) is 33.4 Å². The maximum absolute atomic E-state index is 2.24. The van der Waals surface area contributed by atoms with E-state index in [-0.39, 0.29) is 0 Å². The quantitative estimate of drug-likeness (QED) is 0.545. The van der Waals surface area contributed by atoms with Crippen molar-refractivity contribution in [2.75, 3.05) is 0 Å². The second kappa shape index (κ2) is 9.36. The van der Waals surface area contributed by atoms with Gasteiger partial charge in [-0.15, -0.1) is 0 Å². The number of hydrogen-bond donors (Lipinski definition) is 0. The van der Waals surface area contributed by atoms with Crippen LogP contribution in [0.25, 0.3) is 11.1 Å². The molecular weight excluding hydrogens is 240 g/mol. The zero-order valence-electron chi connectivity index (χ0n) is 14.5. The Kier molecular flexibility index (Phi) is 8.63. The van der Waals surface area contributed by atoms with E-state index in [4.69, 9.17) is 0 Å². The molecule has 0 saturated carbocycles. The number of hydrogen-bond acceptors (Lipinski definition) is 0. The molecule has 0 spiro atoms. The smallest absolute Gasteiger partial charge is 0.0152 e. The van der Waals surface area contributed by atoms with Crippen LogP contribution in [0.3, 0.4) is 0 Å². The van der Waals surface area contributed by atoms with Gasteiger partial charge in [-0.1, -0.05) is 75.2 Å². The molecule has 0 N–H and O–H groups in total. The number of benzene rings is 2. The standard InChI is InChI=1S/C16H18.2C2H6/c1-11-5-7-15(13(3)9-11)16-8-6-12(2)10-14(16)4;2*1-2/h5-10H,1-4H3;2*1-2H3. The molecule has 0 heterocycles. The summed E-state index contributed by atoms with van der Waals surface area (Å²) in [7, 11) is 0. The molecular formula is C20H30. The van der Waals surface area contributed by atoms with Crippen molar-refractivity contribution in [1.29, 1.82) is 0 Å². The van der Waals surface area contributed by atoms with Crippen molar-refractivity contribution < 1.29 is 0 Å². The van der Waals surface area contributed by atoms with Crippen LogP contribution in [0.1, 0.15) is 49.9 Å². The van der Waals surface area contributed by atoms with E-state index in [0.29, 0.717) is 0 Å². The van der Waals surface area contributed by atoms with E-state index in [2.05, 4.69) is 64.1 Å². The predicted molar refractivity (Wildman–Crippen MR) is 93.5 cm³/mol. The molecule has 110 valence electrons. The summed E-state index contributed by atoms with van der Waals surface area (Å²) < 4.78 is 0. The van der Waals surface area contributed by atoms with Crippen molar-refractivity contribution in [3.63, 3.8) is 0 Å². The zero-order chi connectivity index (χ0) is 15.7. The highest BCUT2D eigenvalue weighted by Gasteiger charge is 2.04. The molecule has 0 aliphatic carbocycles. The van der Waals surface area contributed by atoms with E-state index in [9.17, 15) is 0 Å². The third kappa shape index (κ3) is 4.85. The maximum Gasteiger partial charge on any atom is -0.0152 e. The van der Waals surface area contributed by atoms with Gasteiger partial charge in [0.2, 0.25) is 0 Å². The van der Waals surface area contributed by atoms with Gasteiger partial charge < -0.3 is 0 Å². The summed E-state index contributed by atoms with van der Waals surface area (Å²) in [6, 6.07) is 13.3. The molecule has 0 saturated heterocycles. The van der Waals surface area contributed by atoms with Gasteiger partial charge in [0.1, 0.15) is 0 Å². The van der Waals surface area contributed by atoms with Crippen LogP contribution >= 0.6 is 0 Å². The maximum atomic E-state index is 2.24. The van der Waals surface area contributed by atoms with Gasteiger partial charge >= 0.3 is 0 Å². The fourth-order valence-electron chi connectivity index (χ4n) is 2.23. The molecule has 0 heteroatoms. The van der Waals surface area contributed by atoms with Crippen LogP contribution in [0.15, 0.2) is 36.4 Å². The zero-order valence-corrected chi connectivity index (χ0v) is 14.5. The summed E-state index contributed by atoms with van der Waals surface area (Å²) in [6.45, 7) is 16.6. The molecule has 2 rings (SSSR count). The Morgan fingerprint density at radius 3 is 1.05 bits per heavy atom. The van der Waals surface area contributed by atoms with Gasteiger partial charge in [0.05, 0.1) is 0 Å². The average molecular weight is 270 g/mol. The molecule has 0 amide bonds. The number of rotatable bonds is 1. The van der Waals surface area contributed by atoms with E-state index >= 15 is 0 Å². The van der Waals surface area contributed by atoms with Crippen molar-refractivity contribution in [1.82, 2.24) is 0 Å². The second-order valence-corrected chi connectivity index (χ2v) is 4.64. The Labute approximate surface area is 125 Å². The van der Waals surface area contributed by atoms with Crippen LogP contribution in [0.2, 0.25) is 0 Å². The predicted octanol–water partition coefficient (Wildman–Crippen LogP) is 6.64. The third-order valence-electron chi connectivity index (χ3n) is 3.05. The minimum atomic E-state index is 1.33. The minimum absolute atomic E-state index is 1.33. The fraction of sp³-hybridized carbons (Fsp3) is 0.400. The van der Waals surface area contributed by atoms with Gasteiger partial charge in [-0.05, 0) is 49.9 Å². The first kappa shape index (κ1) is 18.4. The molecule has 0 aromatic heterocycles. The van der Waals surface area contributed by atoms with Gasteiger partial charge in [-0.3, -0.25) is 0 Å². The van der Waals surface area contributed by atoms with Crippen molar-refractivity contribution in [2.45, 2.75) is 55.4 Å². The van der Waals surface area contributed by atoms with Crippen LogP contribution < -0.4 is 0 Å². The lowest BCUT2D eigenvalue weighted by molar-refractivity contribution is 1.34. The van der Waals surface area contributed by atoms with Crippen LogP contribution in [-0.4, -0.2) is 0 Å². The Bertz CT molecular complexity index is 472. The Morgan fingerprint density at radius 1 is 0.500 bits per heavy atom. The first-order valence-electron chi connectivity index (χ1n) is 7.73. The van der Waals surface area contributed by atoms with Crippen LogP contribution in [0.5, 0.6) is 0 Å². The Balaban J connectivity index is 0.000000829. The van der Waals surface area contributed by atoms with Crippen molar-refractivity contribution >= 4 is 0 Å². The van der Waals surface area contributed by atoms with Crippen molar-refractivity contribution in [2.24, 2.45) is 0 Å². The number of aryl methyl sites for hydroxylation is 4. The van der Waals surface area contributed by atoms with Crippen molar-refractivity contribution in [3.8, 4) is 11.1 Å². The molecule has 0 radical (unpaired) electrons. The first-order chi connectivity index (χ1) is 9.58. The highest BCUT2D eigenvalue weighted by atomic mass is 14.1. The molecule has 20 heavy (non-hydrogen) atoms. The molecule has 0 aliphatic rings. The molecule has 0 aliphatic heterocycles. The second-order valence-electron chi connectivity index (χ2n) is 4.64. The Morgan fingerprint density at radius 2 is 0.800 bits per heavy atom. The topological polar surface area (TPSA) is 0 Å². The summed E-state index contributed by atoms with van der Waals surface area (Å²) in [4.78, 5) is 0. The lowest BCUT2D eigenvalue weighted by Gasteiger charge is -2.10. The van der Waals surface area contributed by atoms with Crippen LogP contribution in [0.4, 0.5) is 0 Å². The molecule has 0 nitrogen and oxygen atoms in total. The van der Waals surface area contributed by atoms with Crippen LogP contribution in [-0.2, 0) is 0 Å². The lowest BCUT2D eigenvalue weighted by Crippen LogP contribution is -1.88.